The van der Waals surface area contributed by atoms with Crippen molar-refractivity contribution >= 4 is 11.0 Å². The van der Waals surface area contributed by atoms with E-state index in [1.807, 2.05) is 4.68 Å². The molecule has 5 heteroatoms. The zero-order chi connectivity index (χ0) is 16.4. The molecule has 3 rings (SSSR count). The van der Waals surface area contributed by atoms with E-state index < -0.39 is 0 Å². The highest BCUT2D eigenvalue weighted by atomic mass is 16.1. The SMILES string of the molecule is CCC(CC)n1ncc2c(=O)[nH]c(CC3CCC(C)CC3)nc21. The Kier molecular flexibility index (Phi) is 4.83. The number of aromatic nitrogens is 4. The Morgan fingerprint density at radius 1 is 1.26 bits per heavy atom. The molecule has 0 radical (unpaired) electrons. The van der Waals surface area contributed by atoms with Crippen LogP contribution in [-0.4, -0.2) is 19.7 Å². The van der Waals surface area contributed by atoms with Gasteiger partial charge < -0.3 is 4.98 Å². The van der Waals surface area contributed by atoms with Gasteiger partial charge in [-0.15, -0.1) is 0 Å². The van der Waals surface area contributed by atoms with Gasteiger partial charge in [0.1, 0.15) is 11.2 Å². The molecule has 5 nitrogen and oxygen atoms in total. The van der Waals surface area contributed by atoms with Crippen LogP contribution in [0.3, 0.4) is 0 Å². The van der Waals surface area contributed by atoms with Gasteiger partial charge in [-0.3, -0.25) is 4.79 Å². The molecular weight excluding hydrogens is 288 g/mol. The fourth-order valence-corrected chi connectivity index (χ4v) is 3.79. The second-order valence-electron chi connectivity index (χ2n) is 7.14. The number of fused-ring (bicyclic) bond motifs is 1. The summed E-state index contributed by atoms with van der Waals surface area (Å²) in [6.07, 6.45) is 9.61. The maximum absolute atomic E-state index is 12.4. The van der Waals surface area contributed by atoms with Gasteiger partial charge in [0.15, 0.2) is 5.65 Å². The molecule has 1 N–H and O–H groups in total. The first-order valence-electron chi connectivity index (χ1n) is 9.08. The van der Waals surface area contributed by atoms with Crippen LogP contribution < -0.4 is 5.56 Å². The van der Waals surface area contributed by atoms with E-state index in [4.69, 9.17) is 4.98 Å². The van der Waals surface area contributed by atoms with Crippen molar-refractivity contribution in [3.05, 3.63) is 22.4 Å². The zero-order valence-corrected chi connectivity index (χ0v) is 14.5. The Morgan fingerprint density at radius 3 is 2.61 bits per heavy atom. The summed E-state index contributed by atoms with van der Waals surface area (Å²) in [5, 5.41) is 5.04. The van der Waals surface area contributed by atoms with Gasteiger partial charge in [0, 0.05) is 6.42 Å². The van der Waals surface area contributed by atoms with E-state index in [0.29, 0.717) is 17.3 Å². The first kappa shape index (κ1) is 16.2. The van der Waals surface area contributed by atoms with Crippen molar-refractivity contribution in [3.8, 4) is 0 Å². The minimum Gasteiger partial charge on any atom is -0.310 e. The van der Waals surface area contributed by atoms with Crippen molar-refractivity contribution in [2.45, 2.75) is 71.8 Å². The second kappa shape index (κ2) is 6.85. The highest BCUT2D eigenvalue weighted by molar-refractivity contribution is 5.73. The second-order valence-corrected chi connectivity index (χ2v) is 7.14. The van der Waals surface area contributed by atoms with Crippen LogP contribution in [-0.2, 0) is 6.42 Å². The normalized spacial score (nSPS) is 22.1. The molecule has 0 aliphatic heterocycles. The Morgan fingerprint density at radius 2 is 1.96 bits per heavy atom. The lowest BCUT2D eigenvalue weighted by Crippen LogP contribution is -2.19. The van der Waals surface area contributed by atoms with E-state index in [-0.39, 0.29) is 5.56 Å². The Labute approximate surface area is 137 Å². The van der Waals surface area contributed by atoms with Crippen LogP contribution in [0.25, 0.3) is 11.0 Å². The molecule has 0 aromatic carbocycles. The van der Waals surface area contributed by atoms with Gasteiger partial charge in [0.05, 0.1) is 12.2 Å². The van der Waals surface area contributed by atoms with Crippen LogP contribution in [0.1, 0.15) is 71.2 Å². The third-order valence-electron chi connectivity index (χ3n) is 5.42. The summed E-state index contributed by atoms with van der Waals surface area (Å²) in [7, 11) is 0. The molecule has 23 heavy (non-hydrogen) atoms. The van der Waals surface area contributed by atoms with Crippen LogP contribution in [0, 0.1) is 11.8 Å². The van der Waals surface area contributed by atoms with Crippen molar-refractivity contribution in [3.63, 3.8) is 0 Å². The average molecular weight is 316 g/mol. The molecule has 1 aliphatic rings. The summed E-state index contributed by atoms with van der Waals surface area (Å²) >= 11 is 0. The van der Waals surface area contributed by atoms with Crippen molar-refractivity contribution < 1.29 is 0 Å². The van der Waals surface area contributed by atoms with Crippen LogP contribution in [0.4, 0.5) is 0 Å². The van der Waals surface area contributed by atoms with Gasteiger partial charge in [0.2, 0.25) is 0 Å². The number of aromatic amines is 1. The lowest BCUT2D eigenvalue weighted by molar-refractivity contribution is 0.286. The molecule has 0 bridgehead atoms. The van der Waals surface area contributed by atoms with Gasteiger partial charge >= 0.3 is 0 Å². The van der Waals surface area contributed by atoms with Gasteiger partial charge in [-0.05, 0) is 37.5 Å². The molecule has 0 amide bonds. The number of hydrogen-bond donors (Lipinski definition) is 1. The minimum absolute atomic E-state index is 0.0496. The molecule has 0 atom stereocenters. The van der Waals surface area contributed by atoms with Crippen molar-refractivity contribution in [1.82, 2.24) is 19.7 Å². The highest BCUT2D eigenvalue weighted by Crippen LogP contribution is 2.30. The molecule has 126 valence electrons. The van der Waals surface area contributed by atoms with E-state index in [2.05, 4.69) is 30.9 Å². The Balaban J connectivity index is 1.89. The number of H-pyrrole nitrogens is 1. The molecule has 2 aromatic rings. The fourth-order valence-electron chi connectivity index (χ4n) is 3.79. The topological polar surface area (TPSA) is 63.6 Å². The quantitative estimate of drug-likeness (QED) is 0.911. The molecule has 1 aliphatic carbocycles. The maximum atomic E-state index is 12.4. The lowest BCUT2D eigenvalue weighted by Gasteiger charge is -2.25. The summed E-state index contributed by atoms with van der Waals surface area (Å²) in [5.74, 6) is 2.32. The third-order valence-corrected chi connectivity index (χ3v) is 5.42. The predicted octanol–water partition coefficient (Wildman–Crippen LogP) is 3.85. The van der Waals surface area contributed by atoms with Crippen molar-refractivity contribution in [2.75, 3.05) is 0 Å². The summed E-state index contributed by atoms with van der Waals surface area (Å²) in [5.41, 5.74) is 0.702. The predicted molar refractivity (Wildman–Crippen MR) is 92.6 cm³/mol. The van der Waals surface area contributed by atoms with Gasteiger partial charge in [-0.2, -0.15) is 5.10 Å². The van der Waals surface area contributed by atoms with Gasteiger partial charge in [-0.1, -0.05) is 33.6 Å². The van der Waals surface area contributed by atoms with Crippen LogP contribution >= 0.6 is 0 Å². The number of rotatable bonds is 5. The largest absolute Gasteiger partial charge is 0.310 e. The standard InChI is InChI=1S/C18H28N4O/c1-4-14(5-2)22-17-15(11-19-22)18(23)21-16(20-17)10-13-8-6-12(3)7-9-13/h11-14H,4-10H2,1-3H3,(H,20,21,23). The summed E-state index contributed by atoms with van der Waals surface area (Å²) in [4.78, 5) is 20.1. The average Bonchev–Trinajstić information content (AvgIpc) is 2.96. The van der Waals surface area contributed by atoms with Crippen molar-refractivity contribution in [1.29, 1.82) is 0 Å². The molecular formula is C18H28N4O. The first-order valence-corrected chi connectivity index (χ1v) is 9.08. The molecule has 0 spiro atoms. The molecule has 0 saturated heterocycles. The van der Waals surface area contributed by atoms with E-state index in [1.165, 1.54) is 25.7 Å². The monoisotopic (exact) mass is 316 g/mol. The molecule has 0 unspecified atom stereocenters. The molecule has 1 fully saturated rings. The Hall–Kier alpha value is -1.65. The molecule has 2 heterocycles. The fraction of sp³-hybridized carbons (Fsp3) is 0.722. The zero-order valence-electron chi connectivity index (χ0n) is 14.5. The summed E-state index contributed by atoms with van der Waals surface area (Å²) < 4.78 is 1.94. The number of hydrogen-bond acceptors (Lipinski definition) is 3. The van der Waals surface area contributed by atoms with E-state index in [9.17, 15) is 4.79 Å². The molecule has 1 saturated carbocycles. The van der Waals surface area contributed by atoms with Crippen LogP contribution in [0.2, 0.25) is 0 Å². The van der Waals surface area contributed by atoms with Gasteiger partial charge in [0.25, 0.3) is 5.56 Å². The van der Waals surface area contributed by atoms with Crippen molar-refractivity contribution in [2.24, 2.45) is 11.8 Å². The van der Waals surface area contributed by atoms with E-state index in [0.717, 1.165) is 36.7 Å². The minimum atomic E-state index is -0.0496. The maximum Gasteiger partial charge on any atom is 0.262 e. The van der Waals surface area contributed by atoms with E-state index in [1.54, 1.807) is 6.20 Å². The summed E-state index contributed by atoms with van der Waals surface area (Å²) in [6.45, 7) is 6.63. The smallest absolute Gasteiger partial charge is 0.262 e. The van der Waals surface area contributed by atoms with E-state index >= 15 is 0 Å². The molecule has 2 aromatic heterocycles. The van der Waals surface area contributed by atoms with Crippen LogP contribution in [0.5, 0.6) is 0 Å². The number of nitrogens with zero attached hydrogens (tertiary/aromatic N) is 3. The lowest BCUT2D eigenvalue weighted by atomic mass is 9.81. The Bertz CT molecular complexity index is 705. The van der Waals surface area contributed by atoms with Crippen LogP contribution in [0.15, 0.2) is 11.0 Å². The van der Waals surface area contributed by atoms with Gasteiger partial charge in [-0.25, -0.2) is 9.67 Å². The number of nitrogens with one attached hydrogen (secondary N) is 1. The summed E-state index contributed by atoms with van der Waals surface area (Å²) in [6, 6.07) is 0.310. The first-order chi connectivity index (χ1) is 11.1. The third kappa shape index (κ3) is 3.33. The highest BCUT2D eigenvalue weighted by Gasteiger charge is 2.21.